The predicted molar refractivity (Wildman–Crippen MR) is 120 cm³/mol. The van der Waals surface area contributed by atoms with Gasteiger partial charge in [0.05, 0.1) is 20.4 Å². The summed E-state index contributed by atoms with van der Waals surface area (Å²) in [5, 5.41) is 7.18. The van der Waals surface area contributed by atoms with Crippen LogP contribution in [0.3, 0.4) is 0 Å². The van der Waals surface area contributed by atoms with Crippen LogP contribution in [0.4, 0.5) is 0 Å². The molecular formula is C22H20N4O2S2. The van der Waals surface area contributed by atoms with Crippen LogP contribution < -0.4 is 10.6 Å². The summed E-state index contributed by atoms with van der Waals surface area (Å²) >= 11 is 2.81. The number of hydrogen-bond acceptors (Lipinski definition) is 6. The third-order valence-electron chi connectivity index (χ3n) is 5.32. The zero-order valence-corrected chi connectivity index (χ0v) is 17.8. The molecule has 1 aliphatic rings. The molecule has 2 N–H and O–H groups in total. The molecule has 8 heteroatoms. The number of amides is 2. The van der Waals surface area contributed by atoms with Gasteiger partial charge in [-0.1, -0.05) is 24.3 Å². The Morgan fingerprint density at radius 1 is 0.767 bits per heavy atom. The van der Waals surface area contributed by atoms with E-state index in [1.807, 2.05) is 48.5 Å². The van der Waals surface area contributed by atoms with Crippen LogP contribution in [-0.2, 0) is 0 Å². The molecule has 2 amide bonds. The van der Waals surface area contributed by atoms with Crippen LogP contribution in [0.1, 0.15) is 45.3 Å². The van der Waals surface area contributed by atoms with Crippen molar-refractivity contribution < 1.29 is 9.59 Å². The standard InChI is InChI=1S/C22H20N4O2S2/c27-19(21-25-15-8-1-3-10-17(15)29-21)23-13-6-5-7-14(12-13)24-20(28)22-26-16-9-2-4-11-18(16)30-22/h1-4,8-11,13-14H,5-7,12H2,(H,23,27)(H,24,28). The van der Waals surface area contributed by atoms with Gasteiger partial charge < -0.3 is 10.6 Å². The molecule has 6 nitrogen and oxygen atoms in total. The quantitative estimate of drug-likeness (QED) is 0.497. The Labute approximate surface area is 181 Å². The van der Waals surface area contributed by atoms with Crippen molar-refractivity contribution in [2.24, 2.45) is 0 Å². The zero-order chi connectivity index (χ0) is 20.5. The lowest BCUT2D eigenvalue weighted by Gasteiger charge is -2.29. The average molecular weight is 437 g/mol. The number of aromatic nitrogens is 2. The molecule has 0 saturated heterocycles. The van der Waals surface area contributed by atoms with Gasteiger partial charge in [-0.2, -0.15) is 0 Å². The van der Waals surface area contributed by atoms with Gasteiger partial charge in [-0.05, 0) is 49.9 Å². The first-order valence-electron chi connectivity index (χ1n) is 9.98. The Hall–Kier alpha value is -2.84. The van der Waals surface area contributed by atoms with Crippen LogP contribution in [0.2, 0.25) is 0 Å². The molecule has 4 aromatic rings. The first-order chi connectivity index (χ1) is 14.7. The normalized spacial score (nSPS) is 19.1. The van der Waals surface area contributed by atoms with Crippen molar-refractivity contribution in [3.63, 3.8) is 0 Å². The minimum atomic E-state index is -0.139. The summed E-state index contributed by atoms with van der Waals surface area (Å²) in [5.74, 6) is -0.279. The summed E-state index contributed by atoms with van der Waals surface area (Å²) in [6, 6.07) is 15.6. The maximum absolute atomic E-state index is 12.7. The molecule has 2 atom stereocenters. The summed E-state index contributed by atoms with van der Waals surface area (Å²) < 4.78 is 2.01. The molecule has 5 rings (SSSR count). The third-order valence-corrected chi connectivity index (χ3v) is 7.39. The lowest BCUT2D eigenvalue weighted by atomic mass is 9.91. The molecule has 2 aromatic carbocycles. The van der Waals surface area contributed by atoms with E-state index < -0.39 is 0 Å². The van der Waals surface area contributed by atoms with E-state index >= 15 is 0 Å². The van der Waals surface area contributed by atoms with Crippen LogP contribution in [0, 0.1) is 0 Å². The van der Waals surface area contributed by atoms with Crippen LogP contribution in [0.25, 0.3) is 20.4 Å². The molecule has 1 fully saturated rings. The number of benzene rings is 2. The van der Waals surface area contributed by atoms with Crippen molar-refractivity contribution in [2.75, 3.05) is 0 Å². The van der Waals surface area contributed by atoms with E-state index in [1.165, 1.54) is 22.7 Å². The number of nitrogens with zero attached hydrogens (tertiary/aromatic N) is 2. The molecule has 0 aliphatic heterocycles. The van der Waals surface area contributed by atoms with E-state index in [0.29, 0.717) is 16.4 Å². The second-order valence-corrected chi connectivity index (χ2v) is 9.54. The highest BCUT2D eigenvalue weighted by Gasteiger charge is 2.26. The van der Waals surface area contributed by atoms with Crippen LogP contribution in [-0.4, -0.2) is 33.9 Å². The van der Waals surface area contributed by atoms with Crippen molar-refractivity contribution in [2.45, 2.75) is 37.8 Å². The van der Waals surface area contributed by atoms with Gasteiger partial charge in [0.15, 0.2) is 10.0 Å². The molecule has 1 saturated carbocycles. The van der Waals surface area contributed by atoms with Crippen LogP contribution in [0.15, 0.2) is 48.5 Å². The number of para-hydroxylation sites is 2. The summed E-state index contributed by atoms with van der Waals surface area (Å²) in [4.78, 5) is 34.2. The van der Waals surface area contributed by atoms with Gasteiger partial charge in [0.1, 0.15) is 0 Å². The minimum Gasteiger partial charge on any atom is -0.347 e. The minimum absolute atomic E-state index is 0.0268. The fourth-order valence-corrected chi connectivity index (χ4v) is 5.62. The maximum atomic E-state index is 12.7. The van der Waals surface area contributed by atoms with Crippen LogP contribution in [0.5, 0.6) is 0 Å². The Kier molecular flexibility index (Phi) is 5.18. The van der Waals surface area contributed by atoms with Crippen molar-refractivity contribution in [3.05, 3.63) is 58.5 Å². The van der Waals surface area contributed by atoms with Gasteiger partial charge in [-0.15, -0.1) is 22.7 Å². The number of thiazole rings is 2. The smallest absolute Gasteiger partial charge is 0.280 e. The predicted octanol–water partition coefficient (Wildman–Crippen LogP) is 4.38. The molecule has 2 aromatic heterocycles. The van der Waals surface area contributed by atoms with E-state index in [0.717, 1.165) is 39.7 Å². The van der Waals surface area contributed by atoms with Crippen molar-refractivity contribution in [1.29, 1.82) is 0 Å². The van der Waals surface area contributed by atoms with Crippen molar-refractivity contribution in [1.82, 2.24) is 20.6 Å². The van der Waals surface area contributed by atoms with Gasteiger partial charge >= 0.3 is 0 Å². The van der Waals surface area contributed by atoms with Crippen molar-refractivity contribution >= 4 is 54.9 Å². The molecule has 0 spiro atoms. The largest absolute Gasteiger partial charge is 0.347 e. The Morgan fingerprint density at radius 3 is 1.70 bits per heavy atom. The Bertz CT molecular complexity index is 1070. The summed E-state index contributed by atoms with van der Waals surface area (Å²) in [6.07, 6.45) is 3.48. The van der Waals surface area contributed by atoms with E-state index in [-0.39, 0.29) is 23.9 Å². The average Bonchev–Trinajstić information content (AvgIpc) is 3.38. The topological polar surface area (TPSA) is 84.0 Å². The van der Waals surface area contributed by atoms with E-state index in [4.69, 9.17) is 0 Å². The van der Waals surface area contributed by atoms with E-state index in [1.54, 1.807) is 0 Å². The first kappa shape index (κ1) is 19.1. The number of rotatable bonds is 4. The first-order valence-corrected chi connectivity index (χ1v) is 11.6. The molecule has 2 heterocycles. The zero-order valence-electron chi connectivity index (χ0n) is 16.1. The van der Waals surface area contributed by atoms with E-state index in [9.17, 15) is 9.59 Å². The number of carbonyl (C=O) groups excluding carboxylic acids is 2. The molecular weight excluding hydrogens is 416 g/mol. The Balaban J connectivity index is 1.22. The lowest BCUT2D eigenvalue weighted by Crippen LogP contribution is -2.45. The van der Waals surface area contributed by atoms with Gasteiger partial charge in [0.25, 0.3) is 11.8 Å². The SMILES string of the molecule is O=C(NC1CCCC(NC(=O)c2nc3ccccc3s2)C1)c1nc2ccccc2s1. The summed E-state index contributed by atoms with van der Waals surface area (Å²) in [5.41, 5.74) is 1.69. The third kappa shape index (κ3) is 3.93. The number of nitrogens with one attached hydrogen (secondary N) is 2. The van der Waals surface area contributed by atoms with Gasteiger partial charge in [0, 0.05) is 12.1 Å². The van der Waals surface area contributed by atoms with E-state index in [2.05, 4.69) is 20.6 Å². The monoisotopic (exact) mass is 436 g/mol. The number of hydrogen-bond donors (Lipinski definition) is 2. The van der Waals surface area contributed by atoms with Gasteiger partial charge in [-0.25, -0.2) is 9.97 Å². The highest BCUT2D eigenvalue weighted by atomic mass is 32.1. The van der Waals surface area contributed by atoms with Gasteiger partial charge in [0.2, 0.25) is 0 Å². The van der Waals surface area contributed by atoms with Crippen molar-refractivity contribution in [3.8, 4) is 0 Å². The highest BCUT2D eigenvalue weighted by Crippen LogP contribution is 2.25. The lowest BCUT2D eigenvalue weighted by molar-refractivity contribution is 0.0903. The molecule has 2 unspecified atom stereocenters. The van der Waals surface area contributed by atoms with Crippen LogP contribution >= 0.6 is 22.7 Å². The fraction of sp³-hybridized carbons (Fsp3) is 0.273. The Morgan fingerprint density at radius 2 is 1.23 bits per heavy atom. The fourth-order valence-electron chi connectivity index (χ4n) is 3.88. The summed E-state index contributed by atoms with van der Waals surface area (Å²) in [7, 11) is 0. The maximum Gasteiger partial charge on any atom is 0.280 e. The molecule has 0 radical (unpaired) electrons. The molecule has 30 heavy (non-hydrogen) atoms. The molecule has 1 aliphatic carbocycles. The second-order valence-electron chi connectivity index (χ2n) is 7.48. The second kappa shape index (κ2) is 8.12. The molecule has 0 bridgehead atoms. The highest BCUT2D eigenvalue weighted by molar-refractivity contribution is 7.20. The number of fused-ring (bicyclic) bond motifs is 2. The summed E-state index contributed by atoms with van der Waals surface area (Å²) in [6.45, 7) is 0. The van der Waals surface area contributed by atoms with Gasteiger partial charge in [-0.3, -0.25) is 9.59 Å². The molecule has 152 valence electrons. The number of carbonyl (C=O) groups is 2.